The monoisotopic (exact) mass is 289 g/mol. The number of halogens is 3. The third-order valence-electron chi connectivity index (χ3n) is 3.34. The highest BCUT2D eigenvalue weighted by Gasteiger charge is 2.31. The first-order chi connectivity index (χ1) is 9.46. The van der Waals surface area contributed by atoms with Crippen molar-refractivity contribution in [2.75, 3.05) is 19.6 Å². The largest absolute Gasteiger partial charge is 0.573 e. The van der Waals surface area contributed by atoms with Crippen molar-refractivity contribution in [3.63, 3.8) is 0 Å². The Morgan fingerprint density at radius 2 is 1.65 bits per heavy atom. The molecule has 1 saturated heterocycles. The van der Waals surface area contributed by atoms with Crippen molar-refractivity contribution in [3.05, 3.63) is 24.3 Å². The topological polar surface area (TPSA) is 21.7 Å². The standard InChI is InChI=1S/C14H18F3NO2/c1-2-18-9-7-12(8-10-18)19-11-3-5-13(6-4-11)20-14(15,16)17/h3-6,12H,2,7-10H2,1H3. The number of piperidine rings is 1. The van der Waals surface area contributed by atoms with Gasteiger partial charge in [0.15, 0.2) is 0 Å². The molecule has 3 nitrogen and oxygen atoms in total. The number of hydrogen-bond acceptors (Lipinski definition) is 3. The summed E-state index contributed by atoms with van der Waals surface area (Å²) >= 11 is 0. The molecule has 0 atom stereocenters. The van der Waals surface area contributed by atoms with E-state index in [-0.39, 0.29) is 11.9 Å². The average Bonchev–Trinajstić information content (AvgIpc) is 2.40. The van der Waals surface area contributed by atoms with Gasteiger partial charge in [0, 0.05) is 13.1 Å². The van der Waals surface area contributed by atoms with Crippen molar-refractivity contribution in [3.8, 4) is 11.5 Å². The Bertz CT molecular complexity index is 411. The molecular formula is C14H18F3NO2. The smallest absolute Gasteiger partial charge is 0.490 e. The SMILES string of the molecule is CCN1CCC(Oc2ccc(OC(F)(F)F)cc2)CC1. The van der Waals surface area contributed by atoms with Gasteiger partial charge >= 0.3 is 6.36 Å². The minimum atomic E-state index is -4.66. The van der Waals surface area contributed by atoms with Crippen LogP contribution in [-0.4, -0.2) is 37.0 Å². The molecule has 1 aromatic rings. The van der Waals surface area contributed by atoms with Gasteiger partial charge in [-0.05, 0) is 43.7 Å². The summed E-state index contributed by atoms with van der Waals surface area (Å²) in [6.45, 7) is 5.16. The molecule has 0 bridgehead atoms. The van der Waals surface area contributed by atoms with Gasteiger partial charge in [0.05, 0.1) is 0 Å². The molecule has 6 heteroatoms. The van der Waals surface area contributed by atoms with E-state index in [0.717, 1.165) is 32.5 Å². The van der Waals surface area contributed by atoms with Gasteiger partial charge in [-0.15, -0.1) is 13.2 Å². The predicted molar refractivity (Wildman–Crippen MR) is 68.9 cm³/mol. The minimum Gasteiger partial charge on any atom is -0.490 e. The van der Waals surface area contributed by atoms with Gasteiger partial charge in [0.1, 0.15) is 17.6 Å². The molecule has 2 rings (SSSR count). The zero-order chi connectivity index (χ0) is 14.6. The maximum atomic E-state index is 12.0. The van der Waals surface area contributed by atoms with Crippen molar-refractivity contribution in [2.24, 2.45) is 0 Å². The molecule has 0 aliphatic carbocycles. The normalized spacial score (nSPS) is 18.0. The van der Waals surface area contributed by atoms with Crippen molar-refractivity contribution in [2.45, 2.75) is 32.2 Å². The zero-order valence-corrected chi connectivity index (χ0v) is 11.3. The van der Waals surface area contributed by atoms with Gasteiger partial charge in [-0.1, -0.05) is 6.92 Å². The van der Waals surface area contributed by atoms with Crippen LogP contribution in [-0.2, 0) is 0 Å². The van der Waals surface area contributed by atoms with Crippen LogP contribution in [0.15, 0.2) is 24.3 Å². The van der Waals surface area contributed by atoms with Gasteiger partial charge in [-0.25, -0.2) is 0 Å². The van der Waals surface area contributed by atoms with E-state index < -0.39 is 6.36 Å². The third kappa shape index (κ3) is 4.59. The van der Waals surface area contributed by atoms with Gasteiger partial charge in [0.2, 0.25) is 0 Å². The molecule has 0 amide bonds. The van der Waals surface area contributed by atoms with Gasteiger partial charge in [-0.3, -0.25) is 0 Å². The van der Waals surface area contributed by atoms with E-state index >= 15 is 0 Å². The van der Waals surface area contributed by atoms with Crippen LogP contribution < -0.4 is 9.47 Å². The number of ether oxygens (including phenoxy) is 2. The summed E-state index contributed by atoms with van der Waals surface area (Å²) in [5.41, 5.74) is 0. The average molecular weight is 289 g/mol. The molecule has 0 unspecified atom stereocenters. The quantitative estimate of drug-likeness (QED) is 0.847. The summed E-state index contributed by atoms with van der Waals surface area (Å²) in [6, 6.07) is 5.55. The highest BCUT2D eigenvalue weighted by Crippen LogP contribution is 2.26. The number of benzene rings is 1. The van der Waals surface area contributed by atoms with Crippen molar-refractivity contribution in [1.82, 2.24) is 4.90 Å². The van der Waals surface area contributed by atoms with Crippen LogP contribution in [0.2, 0.25) is 0 Å². The van der Waals surface area contributed by atoms with Crippen LogP contribution in [0.4, 0.5) is 13.2 Å². The van der Waals surface area contributed by atoms with Crippen LogP contribution in [0, 0.1) is 0 Å². The van der Waals surface area contributed by atoms with Crippen molar-refractivity contribution in [1.29, 1.82) is 0 Å². The molecule has 0 aromatic heterocycles. The lowest BCUT2D eigenvalue weighted by Gasteiger charge is -2.31. The summed E-state index contributed by atoms with van der Waals surface area (Å²) in [5.74, 6) is 0.347. The Morgan fingerprint density at radius 1 is 1.10 bits per heavy atom. The van der Waals surface area contributed by atoms with Gasteiger partial charge < -0.3 is 14.4 Å². The van der Waals surface area contributed by atoms with Crippen molar-refractivity contribution < 1.29 is 22.6 Å². The highest BCUT2D eigenvalue weighted by atomic mass is 19.4. The maximum Gasteiger partial charge on any atom is 0.573 e. The number of nitrogens with zero attached hydrogens (tertiary/aromatic N) is 1. The van der Waals surface area contributed by atoms with Gasteiger partial charge in [-0.2, -0.15) is 0 Å². The lowest BCUT2D eigenvalue weighted by Crippen LogP contribution is -2.37. The third-order valence-corrected chi connectivity index (χ3v) is 3.34. The van der Waals surface area contributed by atoms with Crippen LogP contribution >= 0.6 is 0 Å². The highest BCUT2D eigenvalue weighted by molar-refractivity contribution is 5.31. The molecular weight excluding hydrogens is 271 g/mol. The Morgan fingerprint density at radius 3 is 2.15 bits per heavy atom. The van der Waals surface area contributed by atoms with Crippen LogP contribution in [0.5, 0.6) is 11.5 Å². The second-order valence-electron chi connectivity index (χ2n) is 4.77. The minimum absolute atomic E-state index is 0.132. The summed E-state index contributed by atoms with van der Waals surface area (Å²) < 4.78 is 45.7. The van der Waals surface area contributed by atoms with Crippen LogP contribution in [0.25, 0.3) is 0 Å². The number of likely N-dealkylation sites (tertiary alicyclic amines) is 1. The summed E-state index contributed by atoms with van der Waals surface area (Å²) in [4.78, 5) is 2.35. The zero-order valence-electron chi connectivity index (χ0n) is 11.3. The summed E-state index contributed by atoms with van der Waals surface area (Å²) in [5, 5.41) is 0. The molecule has 0 radical (unpaired) electrons. The molecule has 1 fully saturated rings. The molecule has 0 saturated carbocycles. The van der Waals surface area contributed by atoms with Crippen LogP contribution in [0.1, 0.15) is 19.8 Å². The Kier molecular flexibility index (Phi) is 4.75. The fraction of sp³-hybridized carbons (Fsp3) is 0.571. The Labute approximate surface area is 116 Å². The van der Waals surface area contributed by atoms with E-state index in [0.29, 0.717) is 5.75 Å². The first-order valence-corrected chi connectivity index (χ1v) is 6.71. The summed E-state index contributed by atoms with van der Waals surface area (Å²) in [6.07, 6.45) is -2.65. The molecule has 0 N–H and O–H groups in total. The van der Waals surface area contributed by atoms with Gasteiger partial charge in [0.25, 0.3) is 0 Å². The lowest BCUT2D eigenvalue weighted by atomic mass is 10.1. The second-order valence-corrected chi connectivity index (χ2v) is 4.77. The van der Waals surface area contributed by atoms with E-state index in [2.05, 4.69) is 16.6 Å². The Balaban J connectivity index is 1.85. The van der Waals surface area contributed by atoms with Crippen molar-refractivity contribution >= 4 is 0 Å². The van der Waals surface area contributed by atoms with E-state index in [9.17, 15) is 13.2 Å². The van der Waals surface area contributed by atoms with Crippen LogP contribution in [0.3, 0.4) is 0 Å². The van der Waals surface area contributed by atoms with E-state index in [1.807, 2.05) is 0 Å². The molecule has 0 spiro atoms. The molecule has 112 valence electrons. The van der Waals surface area contributed by atoms with E-state index in [1.165, 1.54) is 24.3 Å². The van der Waals surface area contributed by atoms with E-state index in [4.69, 9.17) is 4.74 Å². The fourth-order valence-electron chi connectivity index (χ4n) is 2.26. The van der Waals surface area contributed by atoms with E-state index in [1.54, 1.807) is 0 Å². The first-order valence-electron chi connectivity index (χ1n) is 6.71. The molecule has 20 heavy (non-hydrogen) atoms. The molecule has 1 aliphatic rings. The molecule has 1 aliphatic heterocycles. The predicted octanol–water partition coefficient (Wildman–Crippen LogP) is 3.45. The molecule has 1 heterocycles. The number of alkyl halides is 3. The second kappa shape index (κ2) is 6.35. The fourth-order valence-corrected chi connectivity index (χ4v) is 2.26. The maximum absolute atomic E-state index is 12.0. The number of hydrogen-bond donors (Lipinski definition) is 0. The summed E-state index contributed by atoms with van der Waals surface area (Å²) in [7, 11) is 0. The number of rotatable bonds is 4. The molecule has 1 aromatic carbocycles. The lowest BCUT2D eigenvalue weighted by molar-refractivity contribution is -0.274. The Hall–Kier alpha value is -1.43. The first kappa shape index (κ1) is 15.0.